The van der Waals surface area contributed by atoms with Gasteiger partial charge in [0.1, 0.15) is 5.82 Å². The molecular weight excluding hydrogens is 441 g/mol. The number of hydrogen-bond donors (Lipinski definition) is 1. The van der Waals surface area contributed by atoms with Gasteiger partial charge in [-0.2, -0.15) is 5.10 Å². The number of amides is 1. The van der Waals surface area contributed by atoms with E-state index < -0.39 is 23.8 Å². The Morgan fingerprint density at radius 1 is 1.24 bits per heavy atom. The van der Waals surface area contributed by atoms with Gasteiger partial charge in [0.25, 0.3) is 5.91 Å². The van der Waals surface area contributed by atoms with Gasteiger partial charge in [-0.3, -0.25) is 9.59 Å². The summed E-state index contributed by atoms with van der Waals surface area (Å²) in [4.78, 5) is 24.2. The molecule has 1 amide bonds. The van der Waals surface area contributed by atoms with Gasteiger partial charge in [-0.1, -0.05) is 34.1 Å². The summed E-state index contributed by atoms with van der Waals surface area (Å²) in [5.74, 6) is -1.70. The van der Waals surface area contributed by atoms with E-state index in [2.05, 4.69) is 26.3 Å². The first-order valence-corrected chi connectivity index (χ1v) is 9.76. The van der Waals surface area contributed by atoms with Crippen molar-refractivity contribution in [1.29, 1.82) is 0 Å². The number of ether oxygens (including phenoxy) is 1. The van der Waals surface area contributed by atoms with Crippen LogP contribution >= 0.6 is 15.9 Å². The Kier molecular flexibility index (Phi) is 6.77. The van der Waals surface area contributed by atoms with Gasteiger partial charge in [-0.05, 0) is 49.2 Å². The van der Waals surface area contributed by atoms with Crippen LogP contribution in [-0.4, -0.2) is 27.8 Å². The standard InChI is InChI=1S/C21H19BrFN3O3/c1-14(21(28)25-19-9-8-16(22)11-18(19)23)29-20(27)10-7-15-12-24-26(13-15)17-5-3-2-4-6-17/h2-6,8-9,11-14H,7,10H2,1H3,(H,25,28). The number of anilines is 1. The van der Waals surface area contributed by atoms with Crippen molar-refractivity contribution in [2.45, 2.75) is 25.9 Å². The molecule has 0 fully saturated rings. The molecule has 0 aliphatic carbocycles. The Hall–Kier alpha value is -3.00. The number of aryl methyl sites for hydroxylation is 1. The Labute approximate surface area is 175 Å². The molecule has 0 saturated heterocycles. The highest BCUT2D eigenvalue weighted by atomic mass is 79.9. The average Bonchev–Trinajstić information content (AvgIpc) is 3.18. The summed E-state index contributed by atoms with van der Waals surface area (Å²) < 4.78 is 21.2. The molecule has 3 aromatic rings. The van der Waals surface area contributed by atoms with Crippen molar-refractivity contribution in [1.82, 2.24) is 9.78 Å². The van der Waals surface area contributed by atoms with E-state index in [1.807, 2.05) is 36.5 Å². The summed E-state index contributed by atoms with van der Waals surface area (Å²) in [7, 11) is 0. The molecule has 1 unspecified atom stereocenters. The second-order valence-corrected chi connectivity index (χ2v) is 7.29. The molecule has 0 aliphatic heterocycles. The zero-order chi connectivity index (χ0) is 20.8. The molecule has 0 aliphatic rings. The highest BCUT2D eigenvalue weighted by molar-refractivity contribution is 9.10. The maximum Gasteiger partial charge on any atom is 0.306 e. The van der Waals surface area contributed by atoms with E-state index in [4.69, 9.17) is 4.74 Å². The highest BCUT2D eigenvalue weighted by Gasteiger charge is 2.19. The molecule has 8 heteroatoms. The Morgan fingerprint density at radius 2 is 2.00 bits per heavy atom. The van der Waals surface area contributed by atoms with Gasteiger partial charge < -0.3 is 10.1 Å². The molecule has 1 aromatic heterocycles. The fourth-order valence-corrected chi connectivity index (χ4v) is 2.93. The van der Waals surface area contributed by atoms with Gasteiger partial charge in [-0.25, -0.2) is 9.07 Å². The minimum absolute atomic E-state index is 0.0226. The molecular formula is C21H19BrFN3O3. The normalized spacial score (nSPS) is 11.7. The third kappa shape index (κ3) is 5.74. The van der Waals surface area contributed by atoms with E-state index in [0.29, 0.717) is 10.9 Å². The lowest BCUT2D eigenvalue weighted by atomic mass is 10.2. The third-order valence-electron chi connectivity index (χ3n) is 4.14. The monoisotopic (exact) mass is 459 g/mol. The molecule has 0 bridgehead atoms. The number of aromatic nitrogens is 2. The van der Waals surface area contributed by atoms with Crippen LogP contribution in [0, 0.1) is 5.82 Å². The van der Waals surface area contributed by atoms with E-state index in [-0.39, 0.29) is 12.1 Å². The van der Waals surface area contributed by atoms with Crippen molar-refractivity contribution >= 4 is 33.5 Å². The molecule has 1 N–H and O–H groups in total. The van der Waals surface area contributed by atoms with Crippen molar-refractivity contribution in [2.75, 3.05) is 5.32 Å². The number of benzene rings is 2. The van der Waals surface area contributed by atoms with Crippen LogP contribution in [0.5, 0.6) is 0 Å². The molecule has 29 heavy (non-hydrogen) atoms. The number of halogens is 2. The molecule has 1 heterocycles. The zero-order valence-corrected chi connectivity index (χ0v) is 17.2. The number of nitrogens with zero attached hydrogens (tertiary/aromatic N) is 2. The summed E-state index contributed by atoms with van der Waals surface area (Å²) in [5, 5.41) is 6.69. The van der Waals surface area contributed by atoms with Gasteiger partial charge in [0.05, 0.1) is 17.6 Å². The fraction of sp³-hybridized carbons (Fsp3) is 0.190. The van der Waals surface area contributed by atoms with Crippen molar-refractivity contribution in [3.63, 3.8) is 0 Å². The van der Waals surface area contributed by atoms with Crippen LogP contribution in [0.1, 0.15) is 18.9 Å². The average molecular weight is 460 g/mol. The summed E-state index contributed by atoms with van der Waals surface area (Å²) in [6, 6.07) is 13.9. The third-order valence-corrected chi connectivity index (χ3v) is 4.63. The van der Waals surface area contributed by atoms with Crippen LogP contribution in [0.15, 0.2) is 65.4 Å². The first-order valence-electron chi connectivity index (χ1n) is 8.97. The van der Waals surface area contributed by atoms with Crippen LogP contribution < -0.4 is 5.32 Å². The maximum atomic E-state index is 13.8. The second kappa shape index (κ2) is 9.47. The lowest BCUT2D eigenvalue weighted by molar-refractivity contribution is -0.153. The van der Waals surface area contributed by atoms with E-state index in [0.717, 1.165) is 11.3 Å². The summed E-state index contributed by atoms with van der Waals surface area (Å²) in [5.41, 5.74) is 1.82. The smallest absolute Gasteiger partial charge is 0.306 e. The van der Waals surface area contributed by atoms with Crippen molar-refractivity contribution in [2.24, 2.45) is 0 Å². The van der Waals surface area contributed by atoms with E-state index in [1.54, 1.807) is 16.9 Å². The van der Waals surface area contributed by atoms with Crippen LogP contribution in [0.4, 0.5) is 10.1 Å². The van der Waals surface area contributed by atoms with Crippen LogP contribution in [0.25, 0.3) is 5.69 Å². The van der Waals surface area contributed by atoms with Gasteiger partial charge in [0.2, 0.25) is 0 Å². The number of para-hydroxylation sites is 1. The van der Waals surface area contributed by atoms with E-state index in [1.165, 1.54) is 19.1 Å². The molecule has 0 radical (unpaired) electrons. The van der Waals surface area contributed by atoms with Crippen molar-refractivity contribution in [3.8, 4) is 5.69 Å². The van der Waals surface area contributed by atoms with Crippen molar-refractivity contribution in [3.05, 3.63) is 76.8 Å². The van der Waals surface area contributed by atoms with Crippen LogP contribution in [-0.2, 0) is 20.7 Å². The van der Waals surface area contributed by atoms with E-state index in [9.17, 15) is 14.0 Å². The molecule has 0 spiro atoms. The summed E-state index contributed by atoms with van der Waals surface area (Å²) in [6.07, 6.45) is 3.02. The predicted octanol–water partition coefficient (Wildman–Crippen LogP) is 4.28. The number of carbonyl (C=O) groups excluding carboxylic acids is 2. The number of esters is 1. The zero-order valence-electron chi connectivity index (χ0n) is 15.6. The predicted molar refractivity (Wildman–Crippen MR) is 110 cm³/mol. The topological polar surface area (TPSA) is 73.2 Å². The number of rotatable bonds is 7. The van der Waals surface area contributed by atoms with Crippen LogP contribution in [0.2, 0.25) is 0 Å². The van der Waals surface area contributed by atoms with Crippen LogP contribution in [0.3, 0.4) is 0 Å². The SMILES string of the molecule is CC(OC(=O)CCc1cnn(-c2ccccc2)c1)C(=O)Nc1ccc(Br)cc1F. The molecule has 2 aromatic carbocycles. The minimum Gasteiger partial charge on any atom is -0.453 e. The minimum atomic E-state index is -1.04. The number of nitrogens with one attached hydrogen (secondary N) is 1. The molecule has 1 atom stereocenters. The lowest BCUT2D eigenvalue weighted by Gasteiger charge is -2.14. The Balaban J connectivity index is 1.49. The van der Waals surface area contributed by atoms with Crippen molar-refractivity contribution < 1.29 is 18.7 Å². The fourth-order valence-electron chi connectivity index (χ4n) is 2.59. The lowest BCUT2D eigenvalue weighted by Crippen LogP contribution is -2.30. The maximum absolute atomic E-state index is 13.8. The summed E-state index contributed by atoms with van der Waals surface area (Å²) in [6.45, 7) is 1.44. The number of carbonyl (C=O) groups is 2. The molecule has 0 saturated carbocycles. The largest absolute Gasteiger partial charge is 0.453 e. The molecule has 6 nitrogen and oxygen atoms in total. The molecule has 3 rings (SSSR count). The first kappa shape index (κ1) is 20.7. The molecule has 150 valence electrons. The summed E-state index contributed by atoms with van der Waals surface area (Å²) >= 11 is 3.15. The van der Waals surface area contributed by atoms with E-state index >= 15 is 0 Å². The van der Waals surface area contributed by atoms with Gasteiger partial charge >= 0.3 is 5.97 Å². The van der Waals surface area contributed by atoms with Gasteiger partial charge in [-0.15, -0.1) is 0 Å². The number of hydrogen-bond acceptors (Lipinski definition) is 4. The Bertz CT molecular complexity index is 1010. The Morgan fingerprint density at radius 3 is 2.72 bits per heavy atom. The van der Waals surface area contributed by atoms with Gasteiger partial charge in [0.15, 0.2) is 6.10 Å². The van der Waals surface area contributed by atoms with Gasteiger partial charge in [0, 0.05) is 17.1 Å². The quantitative estimate of drug-likeness (QED) is 0.535. The second-order valence-electron chi connectivity index (χ2n) is 6.37. The first-order chi connectivity index (χ1) is 13.9. The highest BCUT2D eigenvalue weighted by Crippen LogP contribution is 2.19.